The van der Waals surface area contributed by atoms with Crippen LogP contribution in [0.1, 0.15) is 13.8 Å². The second kappa shape index (κ2) is 8.18. The third-order valence-corrected chi connectivity index (χ3v) is 2.41. The smallest absolute Gasteiger partial charge is 0.333 e. The third kappa shape index (κ3) is 3.76. The first-order chi connectivity index (χ1) is 8.47. The average molecular weight is 329 g/mol. The van der Waals surface area contributed by atoms with Crippen LogP contribution in [0, 0.1) is 5.41 Å². The maximum atomic E-state index is 13.2. The second-order valence-corrected chi connectivity index (χ2v) is 3.81. The van der Waals surface area contributed by atoms with Crippen LogP contribution in [0.15, 0.2) is 12.2 Å². The summed E-state index contributed by atoms with van der Waals surface area (Å²) in [6.07, 6.45) is -1.19. The Morgan fingerprint density at radius 1 is 1.22 bits per heavy atom. The Hall–Kier alpha value is -0.980. The molecular weight excluding hydrogens is 314 g/mol. The first kappa shape index (κ1) is 17.0. The van der Waals surface area contributed by atoms with Crippen molar-refractivity contribution in [3.8, 4) is 0 Å². The van der Waals surface area contributed by atoms with Gasteiger partial charge in [-0.3, -0.25) is 9.59 Å². The Bertz CT molecular complexity index is 300. The number of alkyl halides is 3. The number of rotatable bonds is 7. The number of hydrogen-bond acceptors (Lipinski definition) is 4. The van der Waals surface area contributed by atoms with Crippen molar-refractivity contribution < 1.29 is 27.8 Å². The number of halogens is 3. The topological polar surface area (TPSA) is 52.6 Å². The van der Waals surface area contributed by atoms with Crippen LogP contribution < -0.4 is 0 Å². The van der Waals surface area contributed by atoms with Crippen molar-refractivity contribution in [3.05, 3.63) is 12.2 Å². The summed E-state index contributed by atoms with van der Waals surface area (Å²) in [5.41, 5.74) is -2.69. The lowest BCUT2D eigenvalue weighted by atomic mass is 9.88. The summed E-state index contributed by atoms with van der Waals surface area (Å²) < 4.78 is 35.4. The molecule has 0 saturated carbocycles. The van der Waals surface area contributed by atoms with Gasteiger partial charge in [0.1, 0.15) is 0 Å². The van der Waals surface area contributed by atoms with Gasteiger partial charge in [0, 0.05) is 5.33 Å². The zero-order valence-electron chi connectivity index (χ0n) is 10.1. The molecule has 0 aliphatic heterocycles. The van der Waals surface area contributed by atoms with Gasteiger partial charge in [-0.1, -0.05) is 28.1 Å². The molecule has 0 fully saturated rings. The molecule has 0 rings (SSSR count). The fourth-order valence-corrected chi connectivity index (χ4v) is 1.39. The lowest BCUT2D eigenvalue weighted by molar-refractivity contribution is -0.178. The number of ether oxygens (including phenoxy) is 2. The van der Waals surface area contributed by atoms with Crippen LogP contribution in [-0.4, -0.2) is 36.9 Å². The van der Waals surface area contributed by atoms with E-state index in [1.807, 2.05) is 0 Å². The van der Waals surface area contributed by atoms with E-state index in [0.29, 0.717) is 0 Å². The summed E-state index contributed by atoms with van der Waals surface area (Å²) in [5, 5.41) is 0.222. The van der Waals surface area contributed by atoms with Crippen molar-refractivity contribution in [3.63, 3.8) is 0 Å². The first-order valence-corrected chi connectivity index (χ1v) is 6.45. The molecule has 0 amide bonds. The molecule has 0 spiro atoms. The molecule has 0 saturated heterocycles. The lowest BCUT2D eigenvalue weighted by Gasteiger charge is -2.25. The molecular formula is C11H15BrF2O4. The molecule has 0 aromatic carbocycles. The van der Waals surface area contributed by atoms with Crippen LogP contribution in [0.2, 0.25) is 0 Å². The van der Waals surface area contributed by atoms with Crippen molar-refractivity contribution in [1.29, 1.82) is 0 Å². The zero-order valence-corrected chi connectivity index (χ0v) is 11.7. The Kier molecular flexibility index (Phi) is 7.73. The Morgan fingerprint density at radius 2 is 1.67 bits per heavy atom. The highest BCUT2D eigenvalue weighted by Crippen LogP contribution is 2.32. The molecule has 0 aliphatic carbocycles. The van der Waals surface area contributed by atoms with Crippen LogP contribution in [-0.2, 0) is 19.1 Å². The van der Waals surface area contributed by atoms with E-state index in [0.717, 1.165) is 6.08 Å². The molecule has 0 atom stereocenters. The van der Waals surface area contributed by atoms with Gasteiger partial charge in [0.25, 0.3) is 6.43 Å². The summed E-state index contributed by atoms with van der Waals surface area (Å²) >= 11 is 2.99. The van der Waals surface area contributed by atoms with Crippen LogP contribution in [0.5, 0.6) is 0 Å². The van der Waals surface area contributed by atoms with Crippen molar-refractivity contribution in [2.75, 3.05) is 18.5 Å². The second-order valence-electron chi connectivity index (χ2n) is 3.17. The molecule has 7 heteroatoms. The SMILES string of the molecule is CCOC(=O)C(C=CCBr)(C(=O)OCC)C(F)F. The van der Waals surface area contributed by atoms with Gasteiger partial charge in [-0.15, -0.1) is 0 Å². The van der Waals surface area contributed by atoms with E-state index in [-0.39, 0.29) is 18.5 Å². The van der Waals surface area contributed by atoms with Crippen LogP contribution in [0.3, 0.4) is 0 Å². The highest BCUT2D eigenvalue weighted by Gasteiger charge is 2.55. The molecule has 0 heterocycles. The highest BCUT2D eigenvalue weighted by atomic mass is 79.9. The molecule has 0 N–H and O–H groups in total. The van der Waals surface area contributed by atoms with E-state index in [1.54, 1.807) is 0 Å². The third-order valence-electron chi connectivity index (χ3n) is 2.04. The fourth-order valence-electron chi connectivity index (χ4n) is 1.20. The predicted molar refractivity (Wildman–Crippen MR) is 64.6 cm³/mol. The van der Waals surface area contributed by atoms with Gasteiger partial charge >= 0.3 is 11.9 Å². The molecule has 0 unspecified atom stereocenters. The minimum atomic E-state index is -3.24. The van der Waals surface area contributed by atoms with Crippen LogP contribution in [0.25, 0.3) is 0 Å². The minimum Gasteiger partial charge on any atom is -0.465 e. The van der Waals surface area contributed by atoms with Gasteiger partial charge in [0.2, 0.25) is 5.41 Å². The molecule has 0 aromatic heterocycles. The van der Waals surface area contributed by atoms with E-state index in [4.69, 9.17) is 0 Å². The number of esters is 2. The van der Waals surface area contributed by atoms with Gasteiger partial charge in [0.15, 0.2) is 0 Å². The Balaban J connectivity index is 5.49. The molecule has 0 bridgehead atoms. The van der Waals surface area contributed by atoms with Gasteiger partial charge in [-0.25, -0.2) is 8.78 Å². The largest absolute Gasteiger partial charge is 0.465 e. The summed E-state index contributed by atoms with van der Waals surface area (Å²) in [7, 11) is 0. The quantitative estimate of drug-likeness (QED) is 0.311. The van der Waals surface area contributed by atoms with Crippen LogP contribution >= 0.6 is 15.9 Å². The number of hydrogen-bond donors (Lipinski definition) is 0. The highest BCUT2D eigenvalue weighted by molar-refractivity contribution is 9.09. The number of carbonyl (C=O) groups excluding carboxylic acids is 2. The predicted octanol–water partition coefficient (Wildman–Crippen LogP) is 2.32. The first-order valence-electron chi connectivity index (χ1n) is 5.33. The maximum Gasteiger partial charge on any atom is 0.333 e. The monoisotopic (exact) mass is 328 g/mol. The molecule has 18 heavy (non-hydrogen) atoms. The van der Waals surface area contributed by atoms with Gasteiger partial charge in [-0.05, 0) is 13.8 Å². The summed E-state index contributed by atoms with van der Waals surface area (Å²) in [6.45, 7) is 2.73. The average Bonchev–Trinajstić information content (AvgIpc) is 2.30. The zero-order chi connectivity index (χ0) is 14.2. The standard InChI is InChI=1S/C11H15BrF2O4/c1-3-17-9(15)11(8(13)14,6-5-7-12)10(16)18-4-2/h5-6,8H,3-4,7H2,1-2H3. The Morgan fingerprint density at radius 3 is 1.94 bits per heavy atom. The number of carbonyl (C=O) groups is 2. The van der Waals surface area contributed by atoms with Crippen molar-refractivity contribution in [2.45, 2.75) is 20.3 Å². The van der Waals surface area contributed by atoms with Gasteiger partial charge in [0.05, 0.1) is 13.2 Å². The molecule has 0 radical (unpaired) electrons. The van der Waals surface area contributed by atoms with E-state index in [1.165, 1.54) is 19.9 Å². The maximum absolute atomic E-state index is 13.2. The summed E-state index contributed by atoms with van der Waals surface area (Å²) in [4.78, 5) is 23.3. The van der Waals surface area contributed by atoms with Gasteiger partial charge in [-0.2, -0.15) is 0 Å². The molecule has 104 valence electrons. The van der Waals surface area contributed by atoms with Crippen LogP contribution in [0.4, 0.5) is 8.78 Å². The van der Waals surface area contributed by atoms with E-state index >= 15 is 0 Å². The molecule has 0 aromatic rings. The van der Waals surface area contributed by atoms with Gasteiger partial charge < -0.3 is 9.47 Å². The fraction of sp³-hybridized carbons (Fsp3) is 0.636. The van der Waals surface area contributed by atoms with E-state index in [9.17, 15) is 18.4 Å². The van der Waals surface area contributed by atoms with Crippen molar-refractivity contribution in [2.24, 2.45) is 5.41 Å². The van der Waals surface area contributed by atoms with Crippen molar-refractivity contribution in [1.82, 2.24) is 0 Å². The number of allylic oxidation sites excluding steroid dienone is 1. The van der Waals surface area contributed by atoms with Crippen molar-refractivity contribution >= 4 is 27.9 Å². The summed E-state index contributed by atoms with van der Waals surface area (Å²) in [6, 6.07) is 0. The van der Waals surface area contributed by atoms with E-state index in [2.05, 4.69) is 25.4 Å². The summed E-state index contributed by atoms with van der Waals surface area (Å²) in [5.74, 6) is -2.62. The Labute approximate surface area is 112 Å². The van der Waals surface area contributed by atoms with E-state index < -0.39 is 23.8 Å². The minimum absolute atomic E-state index is 0.102. The normalized spacial score (nSPS) is 11.9. The molecule has 4 nitrogen and oxygen atoms in total. The molecule has 0 aliphatic rings. The lowest BCUT2D eigenvalue weighted by Crippen LogP contribution is -2.46.